The van der Waals surface area contributed by atoms with E-state index in [1.165, 1.54) is 0 Å². The first kappa shape index (κ1) is 14.3. The van der Waals surface area contributed by atoms with Gasteiger partial charge in [-0.1, -0.05) is 20.8 Å². The zero-order valence-corrected chi connectivity index (χ0v) is 10.7. The average molecular weight is 256 g/mol. The number of hydrogen-bond donors (Lipinski definition) is 2. The molecule has 2 atom stereocenters. The smallest absolute Gasteiger partial charge is 0.408 e. The second-order valence-electron chi connectivity index (χ2n) is 5.24. The largest absolute Gasteiger partial charge is 0.465 e. The number of ketones is 1. The van der Waals surface area contributed by atoms with Gasteiger partial charge >= 0.3 is 12.3 Å². The zero-order valence-electron chi connectivity index (χ0n) is 10.7. The van der Waals surface area contributed by atoms with Gasteiger partial charge in [-0.25, -0.2) is 4.79 Å². The Bertz CT molecular complexity index is 396. The molecule has 1 saturated heterocycles. The van der Waals surface area contributed by atoms with E-state index in [9.17, 15) is 9.59 Å². The number of nitrogens with one attached hydrogen (secondary N) is 1. The maximum absolute atomic E-state index is 11.9. The molecule has 0 radical (unpaired) electrons. The van der Waals surface area contributed by atoms with Crippen LogP contribution in [0.1, 0.15) is 20.8 Å². The molecule has 2 unspecified atom stereocenters. The van der Waals surface area contributed by atoms with Gasteiger partial charge in [0.1, 0.15) is 6.04 Å². The van der Waals surface area contributed by atoms with Crippen LogP contribution in [-0.4, -0.2) is 58.2 Å². The minimum absolute atomic E-state index is 0.143. The minimum Gasteiger partial charge on any atom is -0.465 e. The molecule has 0 aromatic carbocycles. The average Bonchev–Trinajstić information content (AvgIpc) is 2.27. The SMILES string of the molecule is CC(C)(C)C1OCCN(C(=O)O)C1C(=O)C=[N+]=N. The molecule has 1 aliphatic heterocycles. The highest BCUT2D eigenvalue weighted by Gasteiger charge is 2.46. The van der Waals surface area contributed by atoms with Gasteiger partial charge in [0, 0.05) is 6.54 Å². The number of Topliss-reactive ketones (excluding diaryl/α,β-unsaturated/α-hetero) is 1. The summed E-state index contributed by atoms with van der Waals surface area (Å²) >= 11 is 0. The first-order valence-corrected chi connectivity index (χ1v) is 5.64. The molecular formula is C11H18N3O4+. The van der Waals surface area contributed by atoms with Crippen molar-refractivity contribution in [1.82, 2.24) is 4.90 Å². The van der Waals surface area contributed by atoms with E-state index in [4.69, 9.17) is 15.4 Å². The standard InChI is InChI=1S/C11H17N3O4/c1-11(2,3)9-8(7(15)6-13-12)14(10(16)17)4-5-18-9/h6,8-9,12H,4-5H2,1-3H3/p+1. The first-order valence-electron chi connectivity index (χ1n) is 5.64. The van der Waals surface area contributed by atoms with E-state index >= 15 is 0 Å². The van der Waals surface area contributed by atoms with Crippen LogP contribution in [0.15, 0.2) is 0 Å². The summed E-state index contributed by atoms with van der Waals surface area (Å²) in [6, 6.07) is -0.939. The highest BCUT2D eigenvalue weighted by atomic mass is 16.5. The van der Waals surface area contributed by atoms with Gasteiger partial charge in [-0.3, -0.25) is 9.69 Å². The van der Waals surface area contributed by atoms with Crippen molar-refractivity contribution in [3.63, 3.8) is 0 Å². The normalized spacial score (nSPS) is 24.3. The van der Waals surface area contributed by atoms with E-state index in [1.54, 1.807) is 0 Å². The third kappa shape index (κ3) is 2.94. The fraction of sp³-hybridized carbons (Fsp3) is 0.727. The number of carbonyl (C=O) groups excluding carboxylic acids is 1. The van der Waals surface area contributed by atoms with Crippen molar-refractivity contribution in [2.24, 2.45) is 5.41 Å². The summed E-state index contributed by atoms with van der Waals surface area (Å²) in [7, 11) is 0. The lowest BCUT2D eigenvalue weighted by Crippen LogP contribution is -2.61. The molecule has 1 heterocycles. The van der Waals surface area contributed by atoms with Crippen LogP contribution in [0.2, 0.25) is 0 Å². The molecule has 0 saturated carbocycles. The maximum atomic E-state index is 11.9. The van der Waals surface area contributed by atoms with Gasteiger partial charge in [0.2, 0.25) is 0 Å². The van der Waals surface area contributed by atoms with Crippen molar-refractivity contribution >= 4 is 18.1 Å². The van der Waals surface area contributed by atoms with E-state index in [2.05, 4.69) is 4.79 Å². The molecule has 7 nitrogen and oxygen atoms in total. The Hall–Kier alpha value is -1.72. The third-order valence-electron chi connectivity index (χ3n) is 2.83. The van der Waals surface area contributed by atoms with Gasteiger partial charge in [-0.15, -0.1) is 0 Å². The summed E-state index contributed by atoms with van der Waals surface area (Å²) < 4.78 is 5.55. The number of carbonyl (C=O) groups is 2. The predicted octanol–water partition coefficient (Wildman–Crippen LogP) is 0.659. The molecule has 0 aliphatic carbocycles. The number of rotatable bonds is 2. The Morgan fingerprint density at radius 2 is 2.11 bits per heavy atom. The Labute approximate surface area is 105 Å². The predicted molar refractivity (Wildman–Crippen MR) is 61.8 cm³/mol. The van der Waals surface area contributed by atoms with Crippen LogP contribution < -0.4 is 0 Å². The first-order chi connectivity index (χ1) is 8.29. The number of carboxylic acid groups (broad SMARTS) is 1. The molecule has 0 aromatic rings. The van der Waals surface area contributed by atoms with E-state index in [1.807, 2.05) is 20.8 Å². The fourth-order valence-corrected chi connectivity index (χ4v) is 2.05. The summed E-state index contributed by atoms with van der Waals surface area (Å²) in [5.74, 6) is -0.521. The Balaban J connectivity index is 3.13. The molecule has 0 aromatic heterocycles. The van der Waals surface area contributed by atoms with Gasteiger partial charge in [-0.05, 0) is 5.41 Å². The highest BCUT2D eigenvalue weighted by molar-refractivity contribution is 6.28. The summed E-state index contributed by atoms with van der Waals surface area (Å²) in [5.41, 5.74) is 6.30. The molecular weight excluding hydrogens is 238 g/mol. The van der Waals surface area contributed by atoms with Gasteiger partial charge in [0.05, 0.1) is 23.0 Å². The Morgan fingerprint density at radius 1 is 1.50 bits per heavy atom. The molecule has 1 fully saturated rings. The van der Waals surface area contributed by atoms with E-state index < -0.39 is 24.0 Å². The second kappa shape index (κ2) is 5.29. The molecule has 1 amide bonds. The van der Waals surface area contributed by atoms with Crippen LogP contribution in [-0.2, 0) is 9.53 Å². The number of amides is 1. The van der Waals surface area contributed by atoms with Crippen molar-refractivity contribution in [1.29, 1.82) is 5.53 Å². The van der Waals surface area contributed by atoms with Gasteiger partial charge in [0.15, 0.2) is 0 Å². The van der Waals surface area contributed by atoms with Crippen molar-refractivity contribution < 1.29 is 24.2 Å². The summed E-state index contributed by atoms with van der Waals surface area (Å²) in [6.07, 6.45) is -0.884. The highest BCUT2D eigenvalue weighted by Crippen LogP contribution is 2.30. The maximum Gasteiger partial charge on any atom is 0.408 e. The zero-order chi connectivity index (χ0) is 13.9. The molecule has 100 valence electrons. The molecule has 7 heteroatoms. The molecule has 0 spiro atoms. The number of ether oxygens (including phenoxy) is 1. The Morgan fingerprint density at radius 3 is 2.56 bits per heavy atom. The lowest BCUT2D eigenvalue weighted by Gasteiger charge is -2.43. The summed E-state index contributed by atoms with van der Waals surface area (Å²) in [6.45, 7) is 6.03. The van der Waals surface area contributed by atoms with Crippen LogP contribution in [0.25, 0.3) is 0 Å². The lowest BCUT2D eigenvalue weighted by molar-refractivity contribution is -0.149. The van der Waals surface area contributed by atoms with Crippen molar-refractivity contribution in [3.05, 3.63) is 0 Å². The quantitative estimate of drug-likeness (QED) is 0.430. The van der Waals surface area contributed by atoms with Crippen molar-refractivity contribution in [2.75, 3.05) is 13.2 Å². The minimum atomic E-state index is -1.16. The molecule has 18 heavy (non-hydrogen) atoms. The van der Waals surface area contributed by atoms with Crippen LogP contribution in [0.5, 0.6) is 0 Å². The number of nitrogens with zero attached hydrogens (tertiary/aromatic N) is 2. The van der Waals surface area contributed by atoms with Gasteiger partial charge in [0.25, 0.3) is 5.78 Å². The van der Waals surface area contributed by atoms with Crippen molar-refractivity contribution in [3.8, 4) is 0 Å². The molecule has 0 bridgehead atoms. The Kier molecular flexibility index (Phi) is 4.21. The monoisotopic (exact) mass is 256 g/mol. The summed E-state index contributed by atoms with van der Waals surface area (Å²) in [4.78, 5) is 27.1. The van der Waals surface area contributed by atoms with E-state index in [0.29, 0.717) is 0 Å². The van der Waals surface area contributed by atoms with Crippen LogP contribution >= 0.6 is 0 Å². The van der Waals surface area contributed by atoms with E-state index in [0.717, 1.165) is 11.1 Å². The van der Waals surface area contributed by atoms with Gasteiger partial charge < -0.3 is 9.84 Å². The fourth-order valence-electron chi connectivity index (χ4n) is 2.05. The molecule has 1 aliphatic rings. The topological polar surface area (TPSA) is 105 Å². The summed E-state index contributed by atoms with van der Waals surface area (Å²) in [5, 5.41) is 9.14. The van der Waals surface area contributed by atoms with Crippen LogP contribution in [0, 0.1) is 10.9 Å². The van der Waals surface area contributed by atoms with Crippen LogP contribution in [0.4, 0.5) is 4.79 Å². The second-order valence-corrected chi connectivity index (χ2v) is 5.24. The third-order valence-corrected chi connectivity index (χ3v) is 2.83. The lowest BCUT2D eigenvalue weighted by atomic mass is 9.82. The number of hydrogen-bond acceptors (Lipinski definition) is 4. The van der Waals surface area contributed by atoms with E-state index in [-0.39, 0.29) is 18.6 Å². The molecule has 2 N–H and O–H groups in total. The number of morpholine rings is 1. The van der Waals surface area contributed by atoms with Gasteiger partial charge in [-0.2, -0.15) is 0 Å². The van der Waals surface area contributed by atoms with Crippen molar-refractivity contribution in [2.45, 2.75) is 32.9 Å². The van der Waals surface area contributed by atoms with Crippen LogP contribution in [0.3, 0.4) is 0 Å². The molecule has 1 rings (SSSR count).